The highest BCUT2D eigenvalue weighted by Gasteiger charge is 2.34. The SMILES string of the molecule is CCCCCCCCCCCCCCCC(=O)N[C@H](C(=O)N[C@@H](CC(N)=O)C(=O)N[C@@H](C)C(=O)NCC(=O)N[C@@H](CCCNC(=N)N)C(=O)N[C@@H](CO)C(=O)N[C@@H](C)C(=O)N[C@H](C(=O)N[C@@H](CCCNC(=N)N)C(=O)NC)[C@@H](C)O)[C@@H](C)O. The average molecular weight is 1180 g/mol. The summed E-state index contributed by atoms with van der Waals surface area (Å²) in [5, 5.41) is 74.0. The van der Waals surface area contributed by atoms with Crippen LogP contribution in [0.3, 0.4) is 0 Å². The summed E-state index contributed by atoms with van der Waals surface area (Å²) in [5.74, 6) is -10.9. The number of hydrogen-bond donors (Lipinski definition) is 20. The molecule has 0 aromatic heterocycles. The number of amides is 11. The Morgan fingerprint density at radius 2 is 0.843 bits per heavy atom. The Kier molecular flexibility index (Phi) is 39.4. The van der Waals surface area contributed by atoms with Crippen LogP contribution in [0.4, 0.5) is 0 Å². The van der Waals surface area contributed by atoms with Gasteiger partial charge in [0, 0.05) is 26.6 Å². The van der Waals surface area contributed by atoms with E-state index < -0.39 is 151 Å². The van der Waals surface area contributed by atoms with Gasteiger partial charge in [-0.2, -0.15) is 0 Å². The van der Waals surface area contributed by atoms with Crippen LogP contribution in [0.25, 0.3) is 0 Å². The van der Waals surface area contributed by atoms with Crippen LogP contribution in [0.1, 0.15) is 157 Å². The number of nitrogens with two attached hydrogens (primary N) is 3. The lowest BCUT2D eigenvalue weighted by Crippen LogP contribution is -2.61. The van der Waals surface area contributed by atoms with Crippen molar-refractivity contribution in [1.82, 2.24) is 63.8 Å². The van der Waals surface area contributed by atoms with Gasteiger partial charge in [0.25, 0.3) is 0 Å². The molecule has 474 valence electrons. The summed E-state index contributed by atoms with van der Waals surface area (Å²) in [6.07, 6.45) is 11.1. The third kappa shape index (κ3) is 34.6. The Hall–Kier alpha value is -7.41. The molecule has 0 fully saturated rings. The zero-order valence-corrected chi connectivity index (χ0v) is 49.1. The Balaban J connectivity index is 5.62. The molecule has 0 aliphatic rings. The summed E-state index contributed by atoms with van der Waals surface area (Å²) in [6, 6.07) is -12.0. The van der Waals surface area contributed by atoms with Crippen LogP contribution in [-0.2, 0) is 52.7 Å². The van der Waals surface area contributed by atoms with E-state index in [0.29, 0.717) is 6.42 Å². The van der Waals surface area contributed by atoms with E-state index in [4.69, 9.17) is 28.0 Å². The van der Waals surface area contributed by atoms with Crippen LogP contribution >= 0.6 is 0 Å². The van der Waals surface area contributed by atoms with Crippen LogP contribution in [0, 0.1) is 10.8 Å². The highest BCUT2D eigenvalue weighted by molar-refractivity contribution is 5.99. The molecule has 0 bridgehead atoms. The molecule has 23 N–H and O–H groups in total. The van der Waals surface area contributed by atoms with E-state index in [-0.39, 0.29) is 51.2 Å². The van der Waals surface area contributed by atoms with Gasteiger partial charge in [0.05, 0.1) is 31.8 Å². The molecule has 0 saturated heterocycles. The van der Waals surface area contributed by atoms with Crippen molar-refractivity contribution >= 4 is 76.9 Å². The van der Waals surface area contributed by atoms with Gasteiger partial charge in [-0.1, -0.05) is 84.0 Å². The number of nitrogens with one attached hydrogen (secondary N) is 14. The Labute approximate surface area is 485 Å². The molecule has 0 radical (unpaired) electrons. The van der Waals surface area contributed by atoms with E-state index in [1.165, 1.54) is 86.1 Å². The van der Waals surface area contributed by atoms with Crippen molar-refractivity contribution in [2.75, 3.05) is 33.3 Å². The molecule has 83 heavy (non-hydrogen) atoms. The number of primary amides is 1. The van der Waals surface area contributed by atoms with Gasteiger partial charge in [-0.3, -0.25) is 63.6 Å². The van der Waals surface area contributed by atoms with Crippen LogP contribution in [0.2, 0.25) is 0 Å². The van der Waals surface area contributed by atoms with Gasteiger partial charge in [-0.05, 0) is 59.8 Å². The molecule has 0 unspecified atom stereocenters. The number of aliphatic hydroxyl groups is 3. The third-order valence-electron chi connectivity index (χ3n) is 12.9. The summed E-state index contributed by atoms with van der Waals surface area (Å²) in [5.41, 5.74) is 16.0. The maximum absolute atomic E-state index is 13.6. The van der Waals surface area contributed by atoms with E-state index in [2.05, 4.69) is 70.7 Å². The maximum atomic E-state index is 13.6. The molecule has 11 amide bonds. The first-order valence-electron chi connectivity index (χ1n) is 28.5. The summed E-state index contributed by atoms with van der Waals surface area (Å²) < 4.78 is 0. The lowest BCUT2D eigenvalue weighted by Gasteiger charge is -2.26. The molecule has 0 rings (SSSR count). The Bertz CT molecular complexity index is 2100. The molecule has 0 spiro atoms. The number of unbranched alkanes of at least 4 members (excludes halogenated alkanes) is 12. The van der Waals surface area contributed by atoms with E-state index >= 15 is 0 Å². The number of hydrogen-bond acceptors (Lipinski definition) is 16. The van der Waals surface area contributed by atoms with E-state index in [1.807, 2.05) is 0 Å². The molecule has 0 aromatic rings. The quantitative estimate of drug-likeness (QED) is 0.0155. The first-order valence-corrected chi connectivity index (χ1v) is 28.5. The van der Waals surface area contributed by atoms with Gasteiger partial charge >= 0.3 is 0 Å². The molecule has 31 nitrogen and oxygen atoms in total. The highest BCUT2D eigenvalue weighted by atomic mass is 16.3. The minimum atomic E-state index is -1.74. The molecular weight excluding hydrogens is 1090 g/mol. The van der Waals surface area contributed by atoms with Crippen LogP contribution in [-0.4, -0.2) is 186 Å². The summed E-state index contributed by atoms with van der Waals surface area (Å²) in [7, 11) is 1.33. The van der Waals surface area contributed by atoms with Gasteiger partial charge in [-0.25, -0.2) is 0 Å². The zero-order chi connectivity index (χ0) is 63.0. The third-order valence-corrected chi connectivity index (χ3v) is 12.9. The number of carbonyl (C=O) groups is 11. The number of carbonyl (C=O) groups excluding carboxylic acids is 11. The van der Waals surface area contributed by atoms with Crippen LogP contribution in [0.5, 0.6) is 0 Å². The fraction of sp³-hybridized carbons (Fsp3) is 0.750. The number of guanidine groups is 2. The van der Waals surface area contributed by atoms with E-state index in [9.17, 15) is 68.1 Å². The van der Waals surface area contributed by atoms with Gasteiger partial charge in [0.15, 0.2) is 11.9 Å². The Morgan fingerprint density at radius 3 is 1.29 bits per heavy atom. The van der Waals surface area contributed by atoms with Gasteiger partial charge in [-0.15, -0.1) is 0 Å². The van der Waals surface area contributed by atoms with Gasteiger partial charge in [0.2, 0.25) is 65.0 Å². The normalized spacial score (nSPS) is 14.5. The zero-order valence-electron chi connectivity index (χ0n) is 49.1. The van der Waals surface area contributed by atoms with Gasteiger partial charge < -0.3 is 96.3 Å². The predicted octanol–water partition coefficient (Wildman–Crippen LogP) is -4.60. The summed E-state index contributed by atoms with van der Waals surface area (Å²) in [4.78, 5) is 143. The molecule has 0 saturated carbocycles. The molecule has 0 aromatic carbocycles. The smallest absolute Gasteiger partial charge is 0.245 e. The van der Waals surface area contributed by atoms with Crippen LogP contribution < -0.4 is 81.0 Å². The number of rotatable bonds is 45. The second-order valence-electron chi connectivity index (χ2n) is 20.4. The number of aliphatic hydroxyl groups excluding tert-OH is 3. The first-order chi connectivity index (χ1) is 39.2. The lowest BCUT2D eigenvalue weighted by atomic mass is 10.0. The molecule has 31 heteroatoms. The monoisotopic (exact) mass is 1180 g/mol. The van der Waals surface area contributed by atoms with Crippen molar-refractivity contribution in [2.45, 2.75) is 217 Å². The van der Waals surface area contributed by atoms with Crippen LogP contribution in [0.15, 0.2) is 0 Å². The topological polar surface area (TPSA) is 519 Å². The summed E-state index contributed by atoms with van der Waals surface area (Å²) in [6.45, 7) is 5.46. The molecule has 0 heterocycles. The maximum Gasteiger partial charge on any atom is 0.245 e. The highest BCUT2D eigenvalue weighted by Crippen LogP contribution is 2.13. The predicted molar refractivity (Wildman–Crippen MR) is 307 cm³/mol. The minimum absolute atomic E-state index is 0.0427. The van der Waals surface area contributed by atoms with Crippen molar-refractivity contribution in [3.05, 3.63) is 0 Å². The lowest BCUT2D eigenvalue weighted by molar-refractivity contribution is -0.136. The van der Waals surface area contributed by atoms with E-state index in [0.717, 1.165) is 25.7 Å². The summed E-state index contributed by atoms with van der Waals surface area (Å²) >= 11 is 0. The standard InChI is InChI=1S/C52H97N17O14/c1-7-8-9-10-11-12-13-14-15-16-17-18-19-24-39(74)68-41(32(4)71)49(82)66-36(27-38(53)73)47(80)62-30(2)43(76)61-28-40(75)64-35(23-21-26-60-52(56)57)46(79)67-37(29-70)48(81)63-31(3)44(77)69-42(33(5)72)50(83)65-34(45(78)58-6)22-20-25-59-51(54)55/h30-37,41-42,70-72H,7-29H2,1-6H3,(H2,53,73)(H,58,78)(H,61,76)(H,62,80)(H,63,81)(H,64,75)(H,65,83)(H,66,82)(H,67,79)(H,68,74)(H,69,77)(H4,54,55,59)(H4,56,57,60)/t30-,31-,32+,33+,34-,35-,36-,37-,41-,42-/m0/s1. The average Bonchev–Trinajstić information content (AvgIpc) is 3.57. The van der Waals surface area contributed by atoms with Crippen molar-refractivity contribution in [1.29, 1.82) is 10.8 Å². The molecule has 10 atom stereocenters. The fourth-order valence-electron chi connectivity index (χ4n) is 8.13. The van der Waals surface area contributed by atoms with Gasteiger partial charge in [0.1, 0.15) is 48.3 Å². The molecular formula is C52H97N17O14. The fourth-order valence-corrected chi connectivity index (χ4v) is 8.13. The van der Waals surface area contributed by atoms with Crippen molar-refractivity contribution in [3.8, 4) is 0 Å². The van der Waals surface area contributed by atoms with Crippen molar-refractivity contribution in [2.24, 2.45) is 17.2 Å². The van der Waals surface area contributed by atoms with E-state index in [1.54, 1.807) is 0 Å². The second kappa shape index (κ2) is 43.3. The Morgan fingerprint density at radius 1 is 0.434 bits per heavy atom. The second-order valence-corrected chi connectivity index (χ2v) is 20.4. The van der Waals surface area contributed by atoms with Crippen molar-refractivity contribution < 1.29 is 68.1 Å². The first kappa shape index (κ1) is 75.6. The largest absolute Gasteiger partial charge is 0.394 e. The minimum Gasteiger partial charge on any atom is -0.394 e. The van der Waals surface area contributed by atoms with Crippen molar-refractivity contribution in [3.63, 3.8) is 0 Å². The number of likely N-dealkylation sites (N-methyl/N-ethyl adjacent to an activating group) is 1. The molecule has 0 aliphatic carbocycles. The molecule has 0 aliphatic heterocycles.